The minimum absolute atomic E-state index is 0.0515. The van der Waals surface area contributed by atoms with Crippen molar-refractivity contribution in [2.75, 3.05) is 60.6 Å². The van der Waals surface area contributed by atoms with Gasteiger partial charge < -0.3 is 20.4 Å². The second kappa shape index (κ2) is 8.08. The van der Waals surface area contributed by atoms with Crippen molar-refractivity contribution in [3.63, 3.8) is 0 Å². The lowest BCUT2D eigenvalue weighted by Crippen LogP contribution is -2.45. The summed E-state index contributed by atoms with van der Waals surface area (Å²) in [7, 11) is 6.31. The topological polar surface area (TPSA) is 107 Å². The fraction of sp³-hybridized carbons (Fsp3) is 0.944. The van der Waals surface area contributed by atoms with Crippen molar-refractivity contribution in [1.29, 1.82) is 0 Å². The van der Waals surface area contributed by atoms with Crippen LogP contribution in [0, 0.1) is 10.8 Å². The van der Waals surface area contributed by atoms with E-state index < -0.39 is 11.4 Å². The maximum absolute atomic E-state index is 11.3. The molecule has 26 heavy (non-hydrogen) atoms. The van der Waals surface area contributed by atoms with Gasteiger partial charge in [-0.3, -0.25) is 19.5 Å². The van der Waals surface area contributed by atoms with Gasteiger partial charge in [-0.05, 0) is 27.6 Å². The van der Waals surface area contributed by atoms with Gasteiger partial charge in [0.1, 0.15) is 0 Å². The van der Waals surface area contributed by atoms with Crippen molar-refractivity contribution in [2.24, 2.45) is 10.8 Å². The lowest BCUT2D eigenvalue weighted by Gasteiger charge is -2.33. The first-order chi connectivity index (χ1) is 12.2. The van der Waals surface area contributed by atoms with Crippen LogP contribution in [0.3, 0.4) is 0 Å². The normalized spacial score (nSPS) is 37.2. The zero-order valence-electron chi connectivity index (χ0n) is 16.4. The van der Waals surface area contributed by atoms with Crippen molar-refractivity contribution in [3.8, 4) is 0 Å². The Morgan fingerprint density at radius 3 is 1.31 bits per heavy atom. The van der Waals surface area contributed by atoms with Crippen LogP contribution < -0.4 is 0 Å². The van der Waals surface area contributed by atoms with Gasteiger partial charge in [-0.25, -0.2) is 0 Å². The van der Waals surface area contributed by atoms with E-state index in [-0.39, 0.29) is 25.2 Å². The second-order valence-electron chi connectivity index (χ2n) is 8.38. The van der Waals surface area contributed by atoms with Crippen molar-refractivity contribution in [2.45, 2.75) is 37.9 Å². The number of carboxylic acids is 1. The number of aliphatic carboxylic acids is 1. The van der Waals surface area contributed by atoms with Gasteiger partial charge in [0.25, 0.3) is 0 Å². The molecular formula is C18H35N3O5. The highest BCUT2D eigenvalue weighted by molar-refractivity contribution is 5.69. The van der Waals surface area contributed by atoms with Crippen molar-refractivity contribution < 1.29 is 25.2 Å². The van der Waals surface area contributed by atoms with Crippen LogP contribution in [-0.4, -0.2) is 120 Å². The summed E-state index contributed by atoms with van der Waals surface area (Å²) in [6, 6.07) is 1.38. The fourth-order valence-electron chi connectivity index (χ4n) is 4.18. The molecule has 0 aromatic carbocycles. The summed E-state index contributed by atoms with van der Waals surface area (Å²) in [5.74, 6) is -0.647. The molecule has 3 heterocycles. The Morgan fingerprint density at radius 1 is 0.885 bits per heavy atom. The summed E-state index contributed by atoms with van der Waals surface area (Å²) in [5, 5.41) is 35.3. The third-order valence-corrected chi connectivity index (χ3v) is 6.65. The lowest BCUT2D eigenvalue weighted by atomic mass is 9.73. The lowest BCUT2D eigenvalue weighted by molar-refractivity contribution is -0.140. The Bertz CT molecular complexity index is 441. The number of rotatable bonds is 9. The maximum atomic E-state index is 11.3. The molecule has 3 rings (SSSR count). The quantitative estimate of drug-likeness (QED) is 0.372. The van der Waals surface area contributed by atoms with Crippen LogP contribution in [0.5, 0.6) is 0 Å². The third kappa shape index (κ3) is 4.21. The summed E-state index contributed by atoms with van der Waals surface area (Å²) in [5.41, 5.74) is -0.718. The zero-order valence-corrected chi connectivity index (χ0v) is 16.4. The molecular weight excluding hydrogens is 338 g/mol. The Labute approximate surface area is 156 Å². The van der Waals surface area contributed by atoms with Gasteiger partial charge in [0.2, 0.25) is 0 Å². The zero-order chi connectivity index (χ0) is 19.7. The molecule has 4 N–H and O–H groups in total. The van der Waals surface area contributed by atoms with Gasteiger partial charge in [0, 0.05) is 48.6 Å². The molecule has 3 aliphatic heterocycles. The molecule has 0 amide bonds. The smallest absolute Gasteiger partial charge is 0.304 e. The predicted octanol–water partition coefficient (Wildman–Crippen LogP) is -1.25. The molecule has 0 aliphatic carbocycles. The van der Waals surface area contributed by atoms with Gasteiger partial charge in [-0.2, -0.15) is 0 Å². The second-order valence-corrected chi connectivity index (χ2v) is 8.38. The van der Waals surface area contributed by atoms with Gasteiger partial charge in [-0.15, -0.1) is 0 Å². The number of likely N-dealkylation sites (N-methyl/N-ethyl adjacent to an activating group) is 3. The monoisotopic (exact) mass is 373 g/mol. The number of hydrogen-bond acceptors (Lipinski definition) is 7. The summed E-state index contributed by atoms with van der Waals surface area (Å²) >= 11 is 0. The highest BCUT2D eigenvalue weighted by atomic mass is 16.4. The summed E-state index contributed by atoms with van der Waals surface area (Å²) in [4.78, 5) is 18.2. The highest BCUT2D eigenvalue weighted by Crippen LogP contribution is 2.54. The van der Waals surface area contributed by atoms with E-state index in [1.165, 1.54) is 0 Å². The van der Waals surface area contributed by atoms with Gasteiger partial charge >= 0.3 is 5.97 Å². The molecule has 6 unspecified atom stereocenters. The molecule has 0 saturated carbocycles. The Balaban J connectivity index is 0.000000232. The molecule has 8 heteroatoms. The Hall–Kier alpha value is -0.770. The van der Waals surface area contributed by atoms with Crippen LogP contribution in [0.4, 0.5) is 0 Å². The predicted molar refractivity (Wildman–Crippen MR) is 97.9 cm³/mol. The van der Waals surface area contributed by atoms with E-state index in [1.807, 2.05) is 6.92 Å². The summed E-state index contributed by atoms with van der Waals surface area (Å²) < 4.78 is 0. The molecule has 0 spiro atoms. The largest absolute Gasteiger partial charge is 0.481 e. The number of aliphatic hydroxyl groups is 3. The van der Waals surface area contributed by atoms with Gasteiger partial charge in [0.15, 0.2) is 0 Å². The molecule has 3 aliphatic rings. The van der Waals surface area contributed by atoms with E-state index in [0.717, 1.165) is 19.6 Å². The standard InChI is InChI=1S/C12H21N3O2.C6H14O3/c1-13-5-8(13)12(4-11(16)17,9-6-14(9)2)10-7-15(10)3;1-2-6(3-7,4-8)5-9/h8-10H,4-7H2,1-3H3,(H,16,17);7-9H,2-5H2,1H3. The van der Waals surface area contributed by atoms with E-state index in [2.05, 4.69) is 35.8 Å². The van der Waals surface area contributed by atoms with E-state index in [0.29, 0.717) is 31.0 Å². The Morgan fingerprint density at radius 2 is 1.19 bits per heavy atom. The summed E-state index contributed by atoms with van der Waals surface area (Å²) in [6.07, 6.45) is 0.905. The van der Waals surface area contributed by atoms with E-state index in [4.69, 9.17) is 15.3 Å². The number of hydrogen-bond donors (Lipinski definition) is 4. The molecule has 6 atom stereocenters. The molecule has 0 aromatic rings. The van der Waals surface area contributed by atoms with Crippen LogP contribution in [0.25, 0.3) is 0 Å². The van der Waals surface area contributed by atoms with E-state index in [1.54, 1.807) is 0 Å². The molecule has 3 fully saturated rings. The molecule has 152 valence electrons. The van der Waals surface area contributed by atoms with E-state index in [9.17, 15) is 9.90 Å². The SMILES string of the molecule is CCC(CO)(CO)CO.CN1CC1C(CC(=O)O)(C1CN1C)C1CN1C. The van der Waals surface area contributed by atoms with Crippen molar-refractivity contribution in [1.82, 2.24) is 14.7 Å². The van der Waals surface area contributed by atoms with Gasteiger partial charge in [0.05, 0.1) is 26.2 Å². The average Bonchev–Trinajstić information content (AvgIpc) is 3.52. The fourth-order valence-corrected chi connectivity index (χ4v) is 4.18. The maximum Gasteiger partial charge on any atom is 0.304 e. The van der Waals surface area contributed by atoms with Crippen LogP contribution in [-0.2, 0) is 4.79 Å². The first-order valence-electron chi connectivity index (χ1n) is 9.36. The molecule has 0 bridgehead atoms. The van der Waals surface area contributed by atoms with E-state index >= 15 is 0 Å². The number of carbonyl (C=O) groups is 1. The minimum Gasteiger partial charge on any atom is -0.481 e. The first-order valence-corrected chi connectivity index (χ1v) is 9.36. The summed E-state index contributed by atoms with van der Waals surface area (Å²) in [6.45, 7) is 4.53. The molecule has 0 radical (unpaired) electrons. The number of aliphatic hydroxyl groups excluding tert-OH is 3. The highest BCUT2D eigenvalue weighted by Gasteiger charge is 2.67. The first kappa shape index (κ1) is 21.5. The number of nitrogens with zero attached hydrogens (tertiary/aromatic N) is 3. The van der Waals surface area contributed by atoms with Crippen LogP contribution >= 0.6 is 0 Å². The Kier molecular flexibility index (Phi) is 6.69. The third-order valence-electron chi connectivity index (χ3n) is 6.65. The van der Waals surface area contributed by atoms with Crippen LogP contribution in [0.1, 0.15) is 19.8 Å². The average molecular weight is 373 g/mol. The van der Waals surface area contributed by atoms with Crippen molar-refractivity contribution in [3.05, 3.63) is 0 Å². The number of carboxylic acid groups (broad SMARTS) is 1. The molecule has 3 saturated heterocycles. The molecule has 0 aromatic heterocycles. The van der Waals surface area contributed by atoms with Crippen molar-refractivity contribution >= 4 is 5.97 Å². The van der Waals surface area contributed by atoms with Crippen LogP contribution in [0.2, 0.25) is 0 Å². The van der Waals surface area contributed by atoms with Crippen LogP contribution in [0.15, 0.2) is 0 Å². The van der Waals surface area contributed by atoms with Gasteiger partial charge in [-0.1, -0.05) is 6.92 Å². The minimum atomic E-state index is -0.667. The molecule has 8 nitrogen and oxygen atoms in total.